The Morgan fingerprint density at radius 1 is 1.33 bits per heavy atom. The highest BCUT2D eigenvalue weighted by molar-refractivity contribution is 5.99. The molecule has 176 valence electrons. The Kier molecular flexibility index (Phi) is 6.78. The molecule has 1 unspecified atom stereocenters. The average molecular weight is 449 g/mol. The summed E-state index contributed by atoms with van der Waals surface area (Å²) in [5.41, 5.74) is 3.94. The highest BCUT2D eigenvalue weighted by atomic mass is 16.5. The number of carbonyl (C=O) groups excluding carboxylic acids is 1. The van der Waals surface area contributed by atoms with Gasteiger partial charge in [0.2, 0.25) is 0 Å². The molecular weight excluding hydrogens is 412 g/mol. The van der Waals surface area contributed by atoms with Crippen molar-refractivity contribution >= 4 is 5.91 Å². The summed E-state index contributed by atoms with van der Waals surface area (Å²) in [7, 11) is 0. The van der Waals surface area contributed by atoms with Gasteiger partial charge in [0.1, 0.15) is 17.1 Å². The number of phenolic OH excluding ortho intramolecular Hbond substituents is 1. The van der Waals surface area contributed by atoms with E-state index in [0.717, 1.165) is 61.0 Å². The number of unbranched alkanes of at least 4 members (excludes halogenated alkanes) is 2. The summed E-state index contributed by atoms with van der Waals surface area (Å²) in [6.45, 7) is 8.96. The van der Waals surface area contributed by atoms with Crippen LogP contribution in [0.4, 0.5) is 0 Å². The largest absolute Gasteiger partial charge is 0.507 e. The number of rotatable bonds is 7. The predicted octanol–water partition coefficient (Wildman–Crippen LogP) is 6.06. The lowest BCUT2D eigenvalue weighted by atomic mass is 9.67. The fourth-order valence-corrected chi connectivity index (χ4v) is 5.40. The first-order valence-electron chi connectivity index (χ1n) is 12.2. The van der Waals surface area contributed by atoms with Crippen molar-refractivity contribution in [1.29, 1.82) is 0 Å². The standard InChI is InChI=1S/C28H36N2O3/c1-5-6-7-10-20-15-23-25(21-14-18(2)11-12-22(21)28(3,4)33-23)26(31)24(20)27(32)30-17-19-9-8-13-29-16-19/h8-9,13-16,21-22,31H,5-7,10-12,17H2,1-4H3,(H,30,32)/t21?,22-/m1/s1. The zero-order chi connectivity index (χ0) is 23.6. The van der Waals surface area contributed by atoms with Crippen molar-refractivity contribution in [2.24, 2.45) is 5.92 Å². The lowest BCUT2D eigenvalue weighted by Crippen LogP contribution is -2.45. The molecule has 2 aromatic rings. The summed E-state index contributed by atoms with van der Waals surface area (Å²) >= 11 is 0. The number of aromatic hydroxyl groups is 1. The summed E-state index contributed by atoms with van der Waals surface area (Å²) in [4.78, 5) is 17.5. The van der Waals surface area contributed by atoms with E-state index >= 15 is 0 Å². The zero-order valence-corrected chi connectivity index (χ0v) is 20.3. The Balaban J connectivity index is 1.75. The molecule has 0 bridgehead atoms. The van der Waals surface area contributed by atoms with Gasteiger partial charge in [0, 0.05) is 36.3 Å². The molecule has 33 heavy (non-hydrogen) atoms. The van der Waals surface area contributed by atoms with Gasteiger partial charge in [0.25, 0.3) is 5.91 Å². The second-order valence-electron chi connectivity index (χ2n) is 10.1. The molecule has 0 spiro atoms. The summed E-state index contributed by atoms with van der Waals surface area (Å²) in [5, 5.41) is 14.5. The second-order valence-corrected chi connectivity index (χ2v) is 10.1. The summed E-state index contributed by atoms with van der Waals surface area (Å²) < 4.78 is 6.49. The van der Waals surface area contributed by atoms with E-state index in [1.165, 1.54) is 5.57 Å². The van der Waals surface area contributed by atoms with E-state index in [-0.39, 0.29) is 29.1 Å². The molecule has 5 nitrogen and oxygen atoms in total. The normalized spacial score (nSPS) is 20.8. The number of pyridine rings is 1. The number of aromatic nitrogens is 1. The Labute approximate surface area is 197 Å². The van der Waals surface area contributed by atoms with Gasteiger partial charge < -0.3 is 15.2 Å². The molecule has 0 saturated carbocycles. The van der Waals surface area contributed by atoms with Crippen LogP contribution in [0.1, 0.15) is 92.8 Å². The third-order valence-electron chi connectivity index (χ3n) is 7.18. The number of hydrogen-bond acceptors (Lipinski definition) is 4. The van der Waals surface area contributed by atoms with Gasteiger partial charge in [-0.2, -0.15) is 0 Å². The number of fused-ring (bicyclic) bond motifs is 3. The van der Waals surface area contributed by atoms with Crippen LogP contribution in [0.25, 0.3) is 0 Å². The number of phenols is 1. The van der Waals surface area contributed by atoms with Crippen LogP contribution in [0.2, 0.25) is 0 Å². The average Bonchev–Trinajstić information content (AvgIpc) is 2.77. The van der Waals surface area contributed by atoms with Crippen LogP contribution >= 0.6 is 0 Å². The Bertz CT molecular complexity index is 1040. The molecular formula is C28H36N2O3. The Hall–Kier alpha value is -2.82. The highest BCUT2D eigenvalue weighted by Gasteiger charge is 2.46. The van der Waals surface area contributed by atoms with Gasteiger partial charge in [-0.15, -0.1) is 0 Å². The summed E-state index contributed by atoms with van der Waals surface area (Å²) in [6, 6.07) is 5.79. The monoisotopic (exact) mass is 448 g/mol. The number of benzene rings is 1. The van der Waals surface area contributed by atoms with Crippen molar-refractivity contribution in [2.75, 3.05) is 0 Å². The van der Waals surface area contributed by atoms with E-state index in [0.29, 0.717) is 12.1 Å². The van der Waals surface area contributed by atoms with Crippen LogP contribution in [0.3, 0.4) is 0 Å². The molecule has 2 N–H and O–H groups in total. The molecule has 4 rings (SSSR count). The fourth-order valence-electron chi connectivity index (χ4n) is 5.40. The molecule has 1 aliphatic heterocycles. The fraction of sp³-hybridized carbons (Fsp3) is 0.500. The van der Waals surface area contributed by atoms with Crippen LogP contribution < -0.4 is 10.1 Å². The van der Waals surface area contributed by atoms with E-state index in [9.17, 15) is 9.90 Å². The number of aryl methyl sites for hydroxylation is 1. The van der Waals surface area contributed by atoms with E-state index in [1.54, 1.807) is 12.4 Å². The molecule has 5 heteroatoms. The van der Waals surface area contributed by atoms with Crippen LogP contribution in [-0.2, 0) is 13.0 Å². The van der Waals surface area contributed by atoms with Gasteiger partial charge in [-0.05, 0) is 69.7 Å². The third kappa shape index (κ3) is 4.78. The molecule has 1 aliphatic carbocycles. The number of ether oxygens (including phenoxy) is 1. The topological polar surface area (TPSA) is 71.5 Å². The highest BCUT2D eigenvalue weighted by Crippen LogP contribution is 2.54. The lowest BCUT2D eigenvalue weighted by molar-refractivity contribution is 0.0107. The van der Waals surface area contributed by atoms with Gasteiger partial charge in [-0.1, -0.05) is 37.5 Å². The van der Waals surface area contributed by atoms with Crippen molar-refractivity contribution in [3.63, 3.8) is 0 Å². The molecule has 0 saturated heterocycles. The first-order valence-corrected chi connectivity index (χ1v) is 12.2. The van der Waals surface area contributed by atoms with E-state index in [1.807, 2.05) is 18.2 Å². The maximum atomic E-state index is 13.4. The van der Waals surface area contributed by atoms with E-state index in [4.69, 9.17) is 4.74 Å². The van der Waals surface area contributed by atoms with Crippen LogP contribution in [0.5, 0.6) is 11.5 Å². The summed E-state index contributed by atoms with van der Waals surface area (Å²) in [5.74, 6) is 0.867. The SMILES string of the molecule is CCCCCc1cc2c(c(O)c1C(=O)NCc1cccnc1)C1C=C(C)CC[C@H]1C(C)(C)O2. The predicted molar refractivity (Wildman–Crippen MR) is 131 cm³/mol. The van der Waals surface area contributed by atoms with E-state index < -0.39 is 0 Å². The molecule has 0 fully saturated rings. The van der Waals surface area contributed by atoms with Gasteiger partial charge in [0.15, 0.2) is 0 Å². The summed E-state index contributed by atoms with van der Waals surface area (Å²) in [6.07, 6.45) is 11.6. The van der Waals surface area contributed by atoms with Crippen molar-refractivity contribution in [2.45, 2.75) is 84.3 Å². The number of hydrogen-bond donors (Lipinski definition) is 2. The number of allylic oxidation sites excluding steroid dienone is 2. The number of amides is 1. The second kappa shape index (κ2) is 9.58. The number of nitrogens with one attached hydrogen (secondary N) is 1. The lowest BCUT2D eigenvalue weighted by Gasteiger charge is -2.46. The molecule has 1 aromatic heterocycles. The minimum atomic E-state index is -0.327. The van der Waals surface area contributed by atoms with Crippen molar-refractivity contribution in [3.05, 3.63) is 64.5 Å². The molecule has 1 aromatic carbocycles. The van der Waals surface area contributed by atoms with Crippen LogP contribution in [0, 0.1) is 5.92 Å². The maximum absolute atomic E-state index is 13.4. The first kappa shape index (κ1) is 23.3. The van der Waals surface area contributed by atoms with Gasteiger partial charge in [0.05, 0.1) is 5.56 Å². The maximum Gasteiger partial charge on any atom is 0.255 e. The quantitative estimate of drug-likeness (QED) is 0.399. The third-order valence-corrected chi connectivity index (χ3v) is 7.18. The van der Waals surface area contributed by atoms with Crippen LogP contribution in [0.15, 0.2) is 42.2 Å². The molecule has 2 heterocycles. The molecule has 0 radical (unpaired) electrons. The number of nitrogens with zero attached hydrogens (tertiary/aromatic N) is 1. The first-order chi connectivity index (χ1) is 15.8. The smallest absolute Gasteiger partial charge is 0.255 e. The van der Waals surface area contributed by atoms with E-state index in [2.05, 4.69) is 44.1 Å². The van der Waals surface area contributed by atoms with Crippen molar-refractivity contribution in [3.8, 4) is 11.5 Å². The van der Waals surface area contributed by atoms with Gasteiger partial charge >= 0.3 is 0 Å². The minimum absolute atomic E-state index is 0.0482. The van der Waals surface area contributed by atoms with Crippen molar-refractivity contribution in [1.82, 2.24) is 10.3 Å². The Morgan fingerprint density at radius 2 is 2.15 bits per heavy atom. The molecule has 2 atom stereocenters. The zero-order valence-electron chi connectivity index (χ0n) is 20.3. The number of carbonyl (C=O) groups is 1. The van der Waals surface area contributed by atoms with Crippen LogP contribution in [-0.4, -0.2) is 21.6 Å². The molecule has 2 aliphatic rings. The molecule has 1 amide bonds. The van der Waals surface area contributed by atoms with Crippen molar-refractivity contribution < 1.29 is 14.6 Å². The minimum Gasteiger partial charge on any atom is -0.507 e. The van der Waals surface area contributed by atoms with Gasteiger partial charge in [-0.25, -0.2) is 0 Å². The Morgan fingerprint density at radius 3 is 2.88 bits per heavy atom. The van der Waals surface area contributed by atoms with Gasteiger partial charge in [-0.3, -0.25) is 9.78 Å².